The number of nitrogen functional groups attached to an aromatic ring is 1. The molecule has 1 aliphatic heterocycles. The Kier molecular flexibility index (Phi) is 8.18. The molecular weight excluding hydrogens is 574 g/mol. The molecule has 0 radical (unpaired) electrons. The summed E-state index contributed by atoms with van der Waals surface area (Å²) in [5.74, 6) is 1.46. The van der Waals surface area contributed by atoms with Crippen molar-refractivity contribution in [2.24, 2.45) is 0 Å². The van der Waals surface area contributed by atoms with Crippen molar-refractivity contribution in [2.45, 2.75) is 39.0 Å². The van der Waals surface area contributed by atoms with Crippen molar-refractivity contribution in [2.75, 3.05) is 42.7 Å². The predicted octanol–water partition coefficient (Wildman–Crippen LogP) is 4.79. The van der Waals surface area contributed by atoms with Gasteiger partial charge in [0.1, 0.15) is 23.6 Å². The van der Waals surface area contributed by atoms with Crippen molar-refractivity contribution in [3.05, 3.63) is 72.2 Å². The molecule has 0 bridgehead atoms. The van der Waals surface area contributed by atoms with Crippen LogP contribution in [0.25, 0.3) is 28.0 Å². The number of morpholine rings is 1. The van der Waals surface area contributed by atoms with Crippen molar-refractivity contribution < 1.29 is 18.8 Å². The highest BCUT2D eigenvalue weighted by Gasteiger charge is 2.21. The van der Waals surface area contributed by atoms with E-state index < -0.39 is 6.03 Å². The van der Waals surface area contributed by atoms with E-state index in [4.69, 9.17) is 20.1 Å². The van der Waals surface area contributed by atoms with Crippen molar-refractivity contribution in [3.63, 3.8) is 0 Å². The summed E-state index contributed by atoms with van der Waals surface area (Å²) in [4.78, 5) is 35.7. The van der Waals surface area contributed by atoms with E-state index in [-0.39, 0.29) is 11.3 Å². The molecule has 6 rings (SSSR count). The summed E-state index contributed by atoms with van der Waals surface area (Å²) in [5.41, 5.74) is 10.5. The predicted molar refractivity (Wildman–Crippen MR) is 170 cm³/mol. The number of nitrogens with zero attached hydrogens (tertiary/aromatic N) is 6. The van der Waals surface area contributed by atoms with E-state index in [1.165, 1.54) is 6.33 Å². The highest BCUT2D eigenvalue weighted by Crippen LogP contribution is 2.32. The molecule has 5 aromatic rings. The Labute approximate surface area is 259 Å². The molecule has 0 aliphatic carbocycles. The van der Waals surface area contributed by atoms with E-state index in [9.17, 15) is 9.59 Å². The summed E-state index contributed by atoms with van der Waals surface area (Å²) in [7, 11) is 0. The Morgan fingerprint density at radius 1 is 0.978 bits per heavy atom. The van der Waals surface area contributed by atoms with Gasteiger partial charge >= 0.3 is 6.03 Å². The zero-order valence-electron chi connectivity index (χ0n) is 25.4. The summed E-state index contributed by atoms with van der Waals surface area (Å²) in [6.07, 6.45) is 2.50. The molecule has 0 spiro atoms. The van der Waals surface area contributed by atoms with Gasteiger partial charge in [0.05, 0.1) is 24.3 Å². The first-order valence-electron chi connectivity index (χ1n) is 14.8. The summed E-state index contributed by atoms with van der Waals surface area (Å²) in [5, 5.41) is 14.9. The van der Waals surface area contributed by atoms with E-state index in [1.807, 2.05) is 62.1 Å². The van der Waals surface area contributed by atoms with Crippen LogP contribution in [0.2, 0.25) is 0 Å². The summed E-state index contributed by atoms with van der Waals surface area (Å²) in [6, 6.07) is 16.4. The number of carbonyl (C=O) groups excluding carboxylic acids is 2. The molecule has 2 aromatic carbocycles. The number of hydrogen-bond acceptors (Lipinski definition) is 9. The van der Waals surface area contributed by atoms with E-state index in [1.54, 1.807) is 22.9 Å². The van der Waals surface area contributed by atoms with Crippen LogP contribution in [-0.4, -0.2) is 68.0 Å². The SMILES string of the molecule is CC(C)(C)c1cc(NC(=O)Nc2ccc(-n3nc(-c4ccc(CCC(=O)N5CCOCC5)cc4)c4c(N)ncnc43)cc2)no1. The quantitative estimate of drug-likeness (QED) is 0.235. The first-order chi connectivity index (χ1) is 21.7. The van der Waals surface area contributed by atoms with E-state index >= 15 is 0 Å². The maximum Gasteiger partial charge on any atom is 0.324 e. The molecule has 45 heavy (non-hydrogen) atoms. The highest BCUT2D eigenvalue weighted by molar-refractivity contribution is 6.00. The first-order valence-corrected chi connectivity index (χ1v) is 14.8. The van der Waals surface area contributed by atoms with Crippen LogP contribution < -0.4 is 16.4 Å². The standard InChI is InChI=1S/C32H35N9O4/c1-32(2,3)24-18-25(39-45-24)37-31(43)36-22-9-11-23(12-10-22)41-30-27(29(33)34-19-35-30)28(38-41)21-7-4-20(5-8-21)6-13-26(42)40-14-16-44-17-15-40/h4-5,7-12,18-19H,6,13-17H2,1-3H3,(H2,33,34,35)(H2,36,37,39,43). The molecule has 4 heterocycles. The number of anilines is 3. The number of carbonyl (C=O) groups is 2. The number of fused-ring (bicyclic) bond motifs is 1. The molecule has 0 atom stereocenters. The van der Waals surface area contributed by atoms with Crippen molar-refractivity contribution in [3.8, 4) is 16.9 Å². The van der Waals surface area contributed by atoms with Gasteiger partial charge in [-0.2, -0.15) is 5.10 Å². The lowest BCUT2D eigenvalue weighted by molar-refractivity contribution is -0.135. The molecule has 1 saturated heterocycles. The van der Waals surface area contributed by atoms with Gasteiger partial charge in [0.25, 0.3) is 0 Å². The topological polar surface area (TPSA) is 166 Å². The van der Waals surface area contributed by atoms with Gasteiger partial charge in [-0.15, -0.1) is 0 Å². The fourth-order valence-corrected chi connectivity index (χ4v) is 5.06. The molecule has 3 aromatic heterocycles. The Hall–Kier alpha value is -5.30. The van der Waals surface area contributed by atoms with E-state index in [0.29, 0.717) is 79.0 Å². The van der Waals surface area contributed by atoms with Gasteiger partial charge in [-0.3, -0.25) is 10.1 Å². The maximum absolute atomic E-state index is 12.6. The van der Waals surface area contributed by atoms with Crippen molar-refractivity contribution in [1.82, 2.24) is 29.8 Å². The lowest BCUT2D eigenvalue weighted by Crippen LogP contribution is -2.40. The fraction of sp³-hybridized carbons (Fsp3) is 0.312. The van der Waals surface area contributed by atoms with Crippen LogP contribution in [0.1, 0.15) is 38.5 Å². The maximum atomic E-state index is 12.6. The van der Waals surface area contributed by atoms with E-state index in [2.05, 4.69) is 25.8 Å². The van der Waals surface area contributed by atoms with Crippen molar-refractivity contribution >= 4 is 40.3 Å². The van der Waals surface area contributed by atoms with E-state index in [0.717, 1.165) is 16.8 Å². The third kappa shape index (κ3) is 6.63. The Morgan fingerprint density at radius 3 is 2.40 bits per heavy atom. The van der Waals surface area contributed by atoms with Crippen molar-refractivity contribution in [1.29, 1.82) is 0 Å². The second-order valence-corrected chi connectivity index (χ2v) is 11.9. The van der Waals surface area contributed by atoms with Gasteiger partial charge in [-0.05, 0) is 36.2 Å². The molecule has 1 aliphatic rings. The molecule has 232 valence electrons. The summed E-state index contributed by atoms with van der Waals surface area (Å²) < 4.78 is 12.4. The summed E-state index contributed by atoms with van der Waals surface area (Å²) in [6.45, 7) is 8.48. The van der Waals surface area contributed by atoms with Gasteiger partial charge in [-0.1, -0.05) is 50.2 Å². The normalized spacial score (nSPS) is 13.6. The lowest BCUT2D eigenvalue weighted by Gasteiger charge is -2.26. The highest BCUT2D eigenvalue weighted by atomic mass is 16.5. The minimum absolute atomic E-state index is 0.142. The van der Waals surface area contributed by atoms with Gasteiger partial charge < -0.3 is 25.2 Å². The minimum Gasteiger partial charge on any atom is -0.383 e. The largest absolute Gasteiger partial charge is 0.383 e. The molecule has 13 heteroatoms. The van der Waals surface area contributed by atoms with Crippen LogP contribution >= 0.6 is 0 Å². The summed E-state index contributed by atoms with van der Waals surface area (Å²) >= 11 is 0. The second kappa shape index (κ2) is 12.4. The molecule has 0 saturated carbocycles. The average Bonchev–Trinajstić information content (AvgIpc) is 3.67. The zero-order chi connectivity index (χ0) is 31.6. The Balaban J connectivity index is 1.17. The lowest BCUT2D eigenvalue weighted by atomic mass is 9.93. The number of amides is 3. The van der Waals surface area contributed by atoms with Gasteiger partial charge in [0, 0.05) is 42.2 Å². The Morgan fingerprint density at radius 2 is 1.71 bits per heavy atom. The van der Waals surface area contributed by atoms with Crippen LogP contribution in [0.3, 0.4) is 0 Å². The number of aryl methyl sites for hydroxylation is 1. The van der Waals surface area contributed by atoms with Crippen LogP contribution in [0.5, 0.6) is 0 Å². The average molecular weight is 610 g/mol. The number of hydrogen-bond donors (Lipinski definition) is 3. The first kappa shape index (κ1) is 29.8. The number of ether oxygens (including phenoxy) is 1. The molecule has 4 N–H and O–H groups in total. The molecule has 0 unspecified atom stereocenters. The number of nitrogens with one attached hydrogen (secondary N) is 2. The second-order valence-electron chi connectivity index (χ2n) is 11.9. The third-order valence-electron chi connectivity index (χ3n) is 7.57. The van der Waals surface area contributed by atoms with Gasteiger partial charge in [0.2, 0.25) is 5.91 Å². The number of urea groups is 1. The Bertz CT molecular complexity index is 1820. The minimum atomic E-state index is -0.447. The number of rotatable bonds is 7. The zero-order valence-corrected chi connectivity index (χ0v) is 25.4. The fourth-order valence-electron chi connectivity index (χ4n) is 5.06. The molecular formula is C32H35N9O4. The monoisotopic (exact) mass is 609 g/mol. The third-order valence-corrected chi connectivity index (χ3v) is 7.57. The molecule has 13 nitrogen and oxygen atoms in total. The molecule has 1 fully saturated rings. The number of benzene rings is 2. The number of aromatic nitrogens is 5. The van der Waals surface area contributed by atoms with Crippen LogP contribution in [0.15, 0.2) is 65.4 Å². The van der Waals surface area contributed by atoms with Gasteiger partial charge in [0.15, 0.2) is 11.5 Å². The smallest absolute Gasteiger partial charge is 0.324 e. The van der Waals surface area contributed by atoms with Gasteiger partial charge in [-0.25, -0.2) is 19.4 Å². The van der Waals surface area contributed by atoms with Crippen LogP contribution in [-0.2, 0) is 21.4 Å². The van der Waals surface area contributed by atoms with Crippen LogP contribution in [0, 0.1) is 0 Å². The molecule has 3 amide bonds. The number of nitrogens with two attached hydrogens (primary N) is 1. The van der Waals surface area contributed by atoms with Crippen LogP contribution in [0.4, 0.5) is 22.1 Å².